The molecule has 0 aliphatic rings. The van der Waals surface area contributed by atoms with Crippen LogP contribution in [-0.2, 0) is 24.3 Å². The minimum atomic E-state index is -3.90. The largest absolute Gasteiger partial charge is 0.454 e. The number of rotatable bonds is 11. The van der Waals surface area contributed by atoms with Crippen molar-refractivity contribution in [3.05, 3.63) is 65.2 Å². The van der Waals surface area contributed by atoms with Crippen molar-refractivity contribution in [3.8, 4) is 0 Å². The minimum Gasteiger partial charge on any atom is -0.454 e. The standard InChI is InChI=1S/C21H25ClN2O5S2/c1-15(16-8-10-17(22)11-9-16)23-20(25)14-29-21(26)19(12-13-30-2)24-31(27,28)18-6-4-3-5-7-18/h3-11,15,19,24H,12-14H2,1-2H3,(H,23,25). The molecule has 0 aliphatic heterocycles. The Labute approximate surface area is 191 Å². The van der Waals surface area contributed by atoms with E-state index in [0.29, 0.717) is 10.8 Å². The Kier molecular flexibility index (Phi) is 9.83. The average Bonchev–Trinajstić information content (AvgIpc) is 2.76. The average molecular weight is 485 g/mol. The second-order valence-corrected chi connectivity index (χ2v) is 9.85. The quantitative estimate of drug-likeness (QED) is 0.475. The second kappa shape index (κ2) is 12.1. The molecule has 2 atom stereocenters. The number of nitrogens with one attached hydrogen (secondary N) is 2. The zero-order valence-electron chi connectivity index (χ0n) is 17.2. The molecule has 1 amide bonds. The highest BCUT2D eigenvalue weighted by molar-refractivity contribution is 7.98. The SMILES string of the molecule is CSCCC(NS(=O)(=O)c1ccccc1)C(=O)OCC(=O)NC(C)c1ccc(Cl)cc1. The summed E-state index contributed by atoms with van der Waals surface area (Å²) in [5.41, 5.74) is 0.845. The predicted molar refractivity (Wildman–Crippen MR) is 123 cm³/mol. The number of hydrogen-bond donors (Lipinski definition) is 2. The van der Waals surface area contributed by atoms with Gasteiger partial charge >= 0.3 is 5.97 Å². The molecule has 0 spiro atoms. The van der Waals surface area contributed by atoms with E-state index < -0.39 is 34.5 Å². The lowest BCUT2D eigenvalue weighted by atomic mass is 10.1. The van der Waals surface area contributed by atoms with Crippen molar-refractivity contribution in [3.63, 3.8) is 0 Å². The Balaban J connectivity index is 1.95. The Morgan fingerprint density at radius 3 is 2.35 bits per heavy atom. The highest BCUT2D eigenvalue weighted by Gasteiger charge is 2.27. The van der Waals surface area contributed by atoms with E-state index in [9.17, 15) is 18.0 Å². The first-order valence-electron chi connectivity index (χ1n) is 9.50. The molecule has 0 aromatic heterocycles. The van der Waals surface area contributed by atoms with Crippen molar-refractivity contribution < 1.29 is 22.7 Å². The number of halogens is 1. The fourth-order valence-electron chi connectivity index (χ4n) is 2.67. The van der Waals surface area contributed by atoms with E-state index in [2.05, 4.69) is 10.0 Å². The first kappa shape index (κ1) is 25.2. The molecule has 2 aromatic carbocycles. The Hall–Kier alpha value is -2.07. The molecule has 168 valence electrons. The van der Waals surface area contributed by atoms with Crippen LogP contribution in [0.3, 0.4) is 0 Å². The van der Waals surface area contributed by atoms with Crippen LogP contribution in [0.2, 0.25) is 5.02 Å². The summed E-state index contributed by atoms with van der Waals surface area (Å²) in [6, 6.07) is 13.4. The minimum absolute atomic E-state index is 0.0477. The van der Waals surface area contributed by atoms with Crippen molar-refractivity contribution in [1.82, 2.24) is 10.0 Å². The van der Waals surface area contributed by atoms with Gasteiger partial charge in [0.2, 0.25) is 10.0 Å². The van der Waals surface area contributed by atoms with Gasteiger partial charge in [0.25, 0.3) is 5.91 Å². The van der Waals surface area contributed by atoms with Crippen LogP contribution < -0.4 is 10.0 Å². The van der Waals surface area contributed by atoms with E-state index in [1.54, 1.807) is 49.4 Å². The van der Waals surface area contributed by atoms with E-state index in [4.69, 9.17) is 16.3 Å². The summed E-state index contributed by atoms with van der Waals surface area (Å²) in [6.07, 6.45) is 2.08. The number of hydrogen-bond acceptors (Lipinski definition) is 6. The number of amides is 1. The fourth-order valence-corrected chi connectivity index (χ4v) is 4.51. The molecular weight excluding hydrogens is 460 g/mol. The maximum absolute atomic E-state index is 12.6. The summed E-state index contributed by atoms with van der Waals surface area (Å²) >= 11 is 7.33. The molecule has 2 rings (SSSR count). The van der Waals surface area contributed by atoms with Crippen LogP contribution in [0.25, 0.3) is 0 Å². The monoisotopic (exact) mass is 484 g/mol. The highest BCUT2D eigenvalue weighted by Crippen LogP contribution is 2.16. The summed E-state index contributed by atoms with van der Waals surface area (Å²) in [6.45, 7) is 1.28. The van der Waals surface area contributed by atoms with Gasteiger partial charge in [-0.15, -0.1) is 0 Å². The number of carbonyl (C=O) groups excluding carboxylic acids is 2. The third kappa shape index (κ3) is 8.17. The second-order valence-electron chi connectivity index (χ2n) is 6.72. The van der Waals surface area contributed by atoms with Crippen LogP contribution in [0.15, 0.2) is 59.5 Å². The number of benzene rings is 2. The van der Waals surface area contributed by atoms with Gasteiger partial charge in [-0.05, 0) is 55.2 Å². The first-order chi connectivity index (χ1) is 14.7. The number of esters is 1. The lowest BCUT2D eigenvalue weighted by Gasteiger charge is -2.18. The Morgan fingerprint density at radius 1 is 1.10 bits per heavy atom. The number of carbonyl (C=O) groups is 2. The topological polar surface area (TPSA) is 102 Å². The van der Waals surface area contributed by atoms with E-state index >= 15 is 0 Å². The van der Waals surface area contributed by atoms with Crippen molar-refractivity contribution in [2.45, 2.75) is 30.3 Å². The molecule has 10 heteroatoms. The molecule has 2 unspecified atom stereocenters. The number of thioether (sulfide) groups is 1. The summed E-state index contributed by atoms with van der Waals surface area (Å²) in [4.78, 5) is 24.7. The van der Waals surface area contributed by atoms with E-state index in [1.165, 1.54) is 23.9 Å². The molecule has 0 saturated carbocycles. The van der Waals surface area contributed by atoms with Gasteiger partial charge in [0.15, 0.2) is 6.61 Å². The molecule has 7 nitrogen and oxygen atoms in total. The van der Waals surface area contributed by atoms with Crippen LogP contribution in [-0.4, -0.2) is 45.0 Å². The van der Waals surface area contributed by atoms with Crippen LogP contribution in [0.1, 0.15) is 24.9 Å². The summed E-state index contributed by atoms with van der Waals surface area (Å²) in [5.74, 6) is -0.759. The molecule has 2 N–H and O–H groups in total. The van der Waals surface area contributed by atoms with Crippen LogP contribution >= 0.6 is 23.4 Å². The molecule has 0 saturated heterocycles. The third-order valence-electron chi connectivity index (χ3n) is 4.34. The van der Waals surface area contributed by atoms with Crippen molar-refractivity contribution in [1.29, 1.82) is 0 Å². The zero-order chi connectivity index (χ0) is 22.9. The molecule has 0 fully saturated rings. The smallest absolute Gasteiger partial charge is 0.324 e. The van der Waals surface area contributed by atoms with Crippen LogP contribution in [0.4, 0.5) is 0 Å². The maximum Gasteiger partial charge on any atom is 0.324 e. The van der Waals surface area contributed by atoms with Crippen LogP contribution in [0, 0.1) is 0 Å². The number of ether oxygens (including phenoxy) is 1. The van der Waals surface area contributed by atoms with Gasteiger partial charge in [0.05, 0.1) is 10.9 Å². The Bertz CT molecular complexity index is 969. The normalized spacial score (nSPS) is 13.3. The lowest BCUT2D eigenvalue weighted by Crippen LogP contribution is -2.43. The van der Waals surface area contributed by atoms with Gasteiger partial charge < -0.3 is 10.1 Å². The fraction of sp³-hybridized carbons (Fsp3) is 0.333. The third-order valence-corrected chi connectivity index (χ3v) is 6.72. The van der Waals surface area contributed by atoms with Gasteiger partial charge in [0, 0.05) is 5.02 Å². The summed E-state index contributed by atoms with van der Waals surface area (Å²) in [5, 5.41) is 3.31. The Morgan fingerprint density at radius 2 is 1.74 bits per heavy atom. The molecule has 0 heterocycles. The zero-order valence-corrected chi connectivity index (χ0v) is 19.6. The molecular formula is C21H25ClN2O5S2. The van der Waals surface area contributed by atoms with Gasteiger partial charge in [-0.2, -0.15) is 16.5 Å². The summed E-state index contributed by atoms with van der Waals surface area (Å²) < 4.78 is 32.6. The molecule has 0 bridgehead atoms. The van der Waals surface area contributed by atoms with E-state index in [0.717, 1.165) is 5.56 Å². The van der Waals surface area contributed by atoms with Gasteiger partial charge in [-0.25, -0.2) is 8.42 Å². The predicted octanol–water partition coefficient (Wildman–Crippen LogP) is 3.16. The first-order valence-corrected chi connectivity index (χ1v) is 12.8. The molecule has 0 radical (unpaired) electrons. The lowest BCUT2D eigenvalue weighted by molar-refractivity contribution is -0.150. The molecule has 0 aliphatic carbocycles. The van der Waals surface area contributed by atoms with Gasteiger partial charge in [-0.1, -0.05) is 41.9 Å². The molecule has 31 heavy (non-hydrogen) atoms. The van der Waals surface area contributed by atoms with Crippen LogP contribution in [0.5, 0.6) is 0 Å². The maximum atomic E-state index is 12.6. The molecule has 2 aromatic rings. The van der Waals surface area contributed by atoms with Crippen molar-refractivity contribution in [2.24, 2.45) is 0 Å². The number of sulfonamides is 1. The van der Waals surface area contributed by atoms with Crippen molar-refractivity contribution >= 4 is 45.3 Å². The van der Waals surface area contributed by atoms with E-state index in [-0.39, 0.29) is 17.4 Å². The van der Waals surface area contributed by atoms with Gasteiger partial charge in [0.1, 0.15) is 6.04 Å². The van der Waals surface area contributed by atoms with Crippen molar-refractivity contribution in [2.75, 3.05) is 18.6 Å². The van der Waals surface area contributed by atoms with Gasteiger partial charge in [-0.3, -0.25) is 9.59 Å². The summed E-state index contributed by atoms with van der Waals surface area (Å²) in [7, 11) is -3.90. The van der Waals surface area contributed by atoms with E-state index in [1.807, 2.05) is 6.26 Å². The highest BCUT2D eigenvalue weighted by atomic mass is 35.5.